The highest BCUT2D eigenvalue weighted by molar-refractivity contribution is 5.79. The van der Waals surface area contributed by atoms with Crippen LogP contribution in [0.1, 0.15) is 5.76 Å². The van der Waals surface area contributed by atoms with Crippen LogP contribution in [0.3, 0.4) is 0 Å². The zero-order chi connectivity index (χ0) is 19.1. The first-order valence-corrected chi connectivity index (χ1v) is 8.65. The first kappa shape index (κ1) is 16.2. The minimum Gasteiger partial charge on any atom is -0.497 e. The molecule has 0 atom stereocenters. The first-order valence-electron chi connectivity index (χ1n) is 8.65. The largest absolute Gasteiger partial charge is 0.497 e. The van der Waals surface area contributed by atoms with E-state index in [1.807, 2.05) is 36.4 Å². The molecule has 0 unspecified atom stereocenters. The lowest BCUT2D eigenvalue weighted by Gasteiger charge is -2.05. The van der Waals surface area contributed by atoms with E-state index in [1.165, 1.54) is 6.20 Å². The number of ether oxygens (including phenoxy) is 1. The molecule has 0 radical (unpaired) electrons. The molecule has 1 aromatic carbocycles. The van der Waals surface area contributed by atoms with Gasteiger partial charge in [0.05, 0.1) is 30.8 Å². The molecule has 4 aromatic heterocycles. The predicted molar refractivity (Wildman–Crippen MR) is 102 cm³/mol. The van der Waals surface area contributed by atoms with Crippen molar-refractivity contribution in [1.29, 1.82) is 0 Å². The normalized spacial score (nSPS) is 11.3. The van der Waals surface area contributed by atoms with E-state index < -0.39 is 0 Å². The Morgan fingerprint density at radius 3 is 2.75 bits per heavy atom. The van der Waals surface area contributed by atoms with Crippen LogP contribution in [-0.2, 0) is 6.54 Å². The molecule has 0 aliphatic heterocycles. The van der Waals surface area contributed by atoms with Crippen LogP contribution >= 0.6 is 0 Å². The molecule has 5 rings (SSSR count). The molecule has 0 saturated heterocycles. The SMILES string of the molecule is COc1ccc(-c2nc3ncc4c(=O)n(Cc5ccco5)ccc4n3n2)cc1. The molecular weight excluding hydrogens is 358 g/mol. The molecule has 0 bridgehead atoms. The smallest absolute Gasteiger partial charge is 0.261 e. The lowest BCUT2D eigenvalue weighted by molar-refractivity contribution is 0.415. The molecule has 0 aliphatic carbocycles. The number of hydrogen-bond acceptors (Lipinski definition) is 6. The summed E-state index contributed by atoms with van der Waals surface area (Å²) in [5, 5.41) is 5.01. The van der Waals surface area contributed by atoms with E-state index in [-0.39, 0.29) is 5.56 Å². The van der Waals surface area contributed by atoms with Gasteiger partial charge in [-0.15, -0.1) is 5.10 Å². The highest BCUT2D eigenvalue weighted by Gasteiger charge is 2.13. The number of hydrogen-bond donors (Lipinski definition) is 0. The third kappa shape index (κ3) is 2.62. The van der Waals surface area contributed by atoms with Crippen molar-refractivity contribution in [2.45, 2.75) is 6.54 Å². The average Bonchev–Trinajstić information content (AvgIpc) is 3.39. The molecule has 28 heavy (non-hydrogen) atoms. The van der Waals surface area contributed by atoms with Gasteiger partial charge in [0.15, 0.2) is 5.82 Å². The van der Waals surface area contributed by atoms with Crippen LogP contribution in [0.15, 0.2) is 70.3 Å². The number of rotatable bonds is 4. The number of nitrogens with zero attached hydrogens (tertiary/aromatic N) is 5. The van der Waals surface area contributed by atoms with E-state index in [4.69, 9.17) is 9.15 Å². The van der Waals surface area contributed by atoms with Crippen LogP contribution in [0.25, 0.3) is 28.1 Å². The fraction of sp³-hybridized carbons (Fsp3) is 0.100. The van der Waals surface area contributed by atoms with Crippen LogP contribution in [0.2, 0.25) is 0 Å². The summed E-state index contributed by atoms with van der Waals surface area (Å²) in [6, 6.07) is 12.9. The Hall–Kier alpha value is -3.94. The number of furan rings is 1. The Morgan fingerprint density at radius 1 is 1.14 bits per heavy atom. The van der Waals surface area contributed by atoms with Gasteiger partial charge in [0, 0.05) is 18.0 Å². The highest BCUT2D eigenvalue weighted by atomic mass is 16.5. The number of pyridine rings is 1. The van der Waals surface area contributed by atoms with Crippen molar-refractivity contribution in [3.63, 3.8) is 0 Å². The van der Waals surface area contributed by atoms with Gasteiger partial charge in [-0.05, 0) is 42.5 Å². The van der Waals surface area contributed by atoms with Gasteiger partial charge in [0.2, 0.25) is 0 Å². The third-order valence-electron chi connectivity index (χ3n) is 4.56. The second kappa shape index (κ2) is 6.34. The number of aromatic nitrogens is 5. The maximum Gasteiger partial charge on any atom is 0.261 e. The molecule has 8 heteroatoms. The van der Waals surface area contributed by atoms with Crippen LogP contribution in [0, 0.1) is 0 Å². The number of methoxy groups -OCH3 is 1. The van der Waals surface area contributed by atoms with Crippen LogP contribution in [-0.4, -0.2) is 31.3 Å². The molecule has 5 aromatic rings. The molecule has 0 saturated carbocycles. The van der Waals surface area contributed by atoms with Gasteiger partial charge in [-0.1, -0.05) is 0 Å². The Kier molecular flexibility index (Phi) is 3.68. The molecular formula is C20H15N5O3. The lowest BCUT2D eigenvalue weighted by atomic mass is 10.2. The van der Waals surface area contributed by atoms with E-state index in [9.17, 15) is 4.79 Å². The van der Waals surface area contributed by atoms with E-state index in [2.05, 4.69) is 15.1 Å². The Morgan fingerprint density at radius 2 is 2.00 bits per heavy atom. The second-order valence-corrected chi connectivity index (χ2v) is 6.26. The van der Waals surface area contributed by atoms with E-state index in [0.29, 0.717) is 34.8 Å². The van der Waals surface area contributed by atoms with Crippen LogP contribution in [0.5, 0.6) is 5.75 Å². The van der Waals surface area contributed by atoms with Gasteiger partial charge in [0.1, 0.15) is 11.5 Å². The highest BCUT2D eigenvalue weighted by Crippen LogP contribution is 2.21. The molecule has 138 valence electrons. The van der Waals surface area contributed by atoms with Gasteiger partial charge in [-0.3, -0.25) is 4.79 Å². The molecule has 0 spiro atoms. The fourth-order valence-electron chi connectivity index (χ4n) is 3.12. The van der Waals surface area contributed by atoms with Crippen molar-refractivity contribution in [2.24, 2.45) is 0 Å². The van der Waals surface area contributed by atoms with Crippen molar-refractivity contribution >= 4 is 16.7 Å². The summed E-state index contributed by atoms with van der Waals surface area (Å²) in [6.45, 7) is 0.355. The van der Waals surface area contributed by atoms with Gasteiger partial charge in [0.25, 0.3) is 11.3 Å². The predicted octanol–water partition coefficient (Wildman–Crippen LogP) is 2.76. The van der Waals surface area contributed by atoms with Crippen molar-refractivity contribution in [1.82, 2.24) is 24.1 Å². The Bertz CT molecular complexity index is 1330. The summed E-state index contributed by atoms with van der Waals surface area (Å²) in [7, 11) is 1.62. The van der Waals surface area contributed by atoms with Crippen molar-refractivity contribution in [2.75, 3.05) is 7.11 Å². The number of fused-ring (bicyclic) bond motifs is 3. The summed E-state index contributed by atoms with van der Waals surface area (Å²) in [6.07, 6.45) is 4.85. The minimum atomic E-state index is -0.162. The van der Waals surface area contributed by atoms with Gasteiger partial charge >= 0.3 is 0 Å². The van der Waals surface area contributed by atoms with Crippen LogP contribution < -0.4 is 10.3 Å². The zero-order valence-electron chi connectivity index (χ0n) is 14.9. The van der Waals surface area contributed by atoms with Crippen molar-refractivity contribution < 1.29 is 9.15 Å². The molecule has 0 N–H and O–H groups in total. The summed E-state index contributed by atoms with van der Waals surface area (Å²) in [5.74, 6) is 2.43. The maximum atomic E-state index is 12.9. The van der Waals surface area contributed by atoms with Crippen molar-refractivity contribution in [3.05, 3.63) is 77.2 Å². The van der Waals surface area contributed by atoms with Gasteiger partial charge < -0.3 is 13.7 Å². The van der Waals surface area contributed by atoms with E-state index in [0.717, 1.165) is 11.3 Å². The molecule has 4 heterocycles. The van der Waals surface area contributed by atoms with Crippen molar-refractivity contribution in [3.8, 4) is 17.1 Å². The topological polar surface area (TPSA) is 87.5 Å². The monoisotopic (exact) mass is 373 g/mol. The third-order valence-corrected chi connectivity index (χ3v) is 4.56. The molecule has 0 aliphatic rings. The fourth-order valence-corrected chi connectivity index (χ4v) is 3.12. The van der Waals surface area contributed by atoms with E-state index in [1.54, 1.807) is 34.7 Å². The summed E-state index contributed by atoms with van der Waals surface area (Å²) >= 11 is 0. The summed E-state index contributed by atoms with van der Waals surface area (Å²) in [5.41, 5.74) is 1.33. The summed E-state index contributed by atoms with van der Waals surface area (Å²) < 4.78 is 13.7. The first-order chi connectivity index (χ1) is 13.7. The lowest BCUT2D eigenvalue weighted by Crippen LogP contribution is -2.20. The second-order valence-electron chi connectivity index (χ2n) is 6.26. The van der Waals surface area contributed by atoms with Gasteiger partial charge in [-0.25, -0.2) is 4.98 Å². The Labute approximate surface area is 158 Å². The standard InChI is InChI=1S/C20H15N5O3/c1-27-14-6-4-13(5-7-14)18-22-20-21-11-16-17(25(20)23-18)8-9-24(19(16)26)12-15-3-2-10-28-15/h2-11H,12H2,1H3. The molecule has 0 fully saturated rings. The minimum absolute atomic E-state index is 0.162. The summed E-state index contributed by atoms with van der Waals surface area (Å²) in [4.78, 5) is 21.6. The van der Waals surface area contributed by atoms with E-state index >= 15 is 0 Å². The quantitative estimate of drug-likeness (QED) is 0.481. The number of benzene rings is 1. The zero-order valence-corrected chi connectivity index (χ0v) is 14.9. The van der Waals surface area contributed by atoms with Crippen LogP contribution in [0.4, 0.5) is 0 Å². The van der Waals surface area contributed by atoms with Gasteiger partial charge in [-0.2, -0.15) is 9.50 Å². The average molecular weight is 373 g/mol. The Balaban J connectivity index is 1.62. The molecule has 0 amide bonds. The maximum absolute atomic E-state index is 12.9. The molecule has 8 nitrogen and oxygen atoms in total.